The molecule has 47 heavy (non-hydrogen) atoms. The number of anilines is 1. The summed E-state index contributed by atoms with van der Waals surface area (Å²) in [6.07, 6.45) is -3.30. The number of nitrogens with one attached hydrogen (secondary N) is 3. The number of ether oxygens (including phenoxy) is 1. The van der Waals surface area contributed by atoms with Crippen molar-refractivity contribution < 1.29 is 41.8 Å². The molecule has 2 aromatic heterocycles. The van der Waals surface area contributed by atoms with Crippen molar-refractivity contribution in [2.45, 2.75) is 36.6 Å². The summed E-state index contributed by atoms with van der Waals surface area (Å²) in [5, 5.41) is 19.6. The number of amides is 3. The molecule has 15 heteroatoms. The Hall–Kier alpha value is -5.15. The normalized spacial score (nSPS) is 20.0. The van der Waals surface area contributed by atoms with E-state index in [1.807, 2.05) is 0 Å². The SMILES string of the molecule is C[C@]1(C(N)=O)COc2c1cc(C(O)(CNC(=O)c1cc(NC(=O)[C@H]3CCN3)c3ncccc3c1)C(F)(F)F)nc2-c1ccc(F)cc1. The molecule has 3 amide bonds. The highest BCUT2D eigenvalue weighted by molar-refractivity contribution is 6.07. The van der Waals surface area contributed by atoms with Gasteiger partial charge in [0.2, 0.25) is 17.4 Å². The molecule has 6 rings (SSSR count). The molecule has 3 atom stereocenters. The van der Waals surface area contributed by atoms with Crippen LogP contribution in [0.25, 0.3) is 22.2 Å². The van der Waals surface area contributed by atoms with Gasteiger partial charge in [0, 0.05) is 28.3 Å². The number of pyridine rings is 2. The third-order valence-electron chi connectivity index (χ3n) is 8.50. The highest BCUT2D eigenvalue weighted by Crippen LogP contribution is 2.47. The lowest BCUT2D eigenvalue weighted by Gasteiger charge is -2.31. The van der Waals surface area contributed by atoms with Crippen molar-refractivity contribution in [1.29, 1.82) is 0 Å². The number of aliphatic hydroxyl groups is 1. The fraction of sp³-hybridized carbons (Fsp3) is 0.281. The van der Waals surface area contributed by atoms with Crippen molar-refractivity contribution in [2.75, 3.05) is 25.0 Å². The van der Waals surface area contributed by atoms with Crippen LogP contribution in [0.3, 0.4) is 0 Å². The van der Waals surface area contributed by atoms with Crippen LogP contribution in [0.2, 0.25) is 0 Å². The zero-order chi connectivity index (χ0) is 33.7. The van der Waals surface area contributed by atoms with E-state index in [1.165, 1.54) is 37.4 Å². The van der Waals surface area contributed by atoms with Crippen molar-refractivity contribution in [3.63, 3.8) is 0 Å². The molecule has 244 valence electrons. The fourth-order valence-electron chi connectivity index (χ4n) is 5.40. The molecule has 0 spiro atoms. The van der Waals surface area contributed by atoms with Gasteiger partial charge in [-0.25, -0.2) is 9.37 Å². The first-order chi connectivity index (χ1) is 22.2. The number of halogens is 4. The molecular weight excluding hydrogens is 624 g/mol. The quantitative estimate of drug-likeness (QED) is 0.181. The molecule has 0 saturated carbocycles. The lowest BCUT2D eigenvalue weighted by atomic mass is 9.81. The van der Waals surface area contributed by atoms with Crippen LogP contribution in [-0.2, 0) is 20.6 Å². The van der Waals surface area contributed by atoms with E-state index in [0.29, 0.717) is 23.9 Å². The lowest BCUT2D eigenvalue weighted by Crippen LogP contribution is -2.52. The van der Waals surface area contributed by atoms with Crippen LogP contribution < -0.4 is 26.4 Å². The number of hydrogen-bond donors (Lipinski definition) is 5. The number of nitrogens with zero attached hydrogens (tertiary/aromatic N) is 2. The number of alkyl halides is 3. The smallest absolute Gasteiger partial charge is 0.424 e. The monoisotopic (exact) mass is 652 g/mol. The van der Waals surface area contributed by atoms with E-state index < -0.39 is 53.1 Å². The van der Waals surface area contributed by atoms with Gasteiger partial charge in [-0.2, -0.15) is 13.2 Å². The summed E-state index contributed by atoms with van der Waals surface area (Å²) in [4.78, 5) is 46.8. The maximum Gasteiger partial charge on any atom is 0.424 e. The van der Waals surface area contributed by atoms with E-state index in [9.17, 15) is 37.1 Å². The molecule has 4 aromatic rings. The fourth-order valence-corrected chi connectivity index (χ4v) is 5.40. The molecule has 1 saturated heterocycles. The lowest BCUT2D eigenvalue weighted by molar-refractivity contribution is -0.265. The molecule has 2 aliphatic rings. The molecule has 2 aromatic carbocycles. The van der Waals surface area contributed by atoms with Gasteiger partial charge in [0.15, 0.2) is 0 Å². The summed E-state index contributed by atoms with van der Waals surface area (Å²) in [7, 11) is 0. The minimum Gasteiger partial charge on any atom is -0.489 e. The van der Waals surface area contributed by atoms with Crippen molar-refractivity contribution in [3.8, 4) is 17.0 Å². The number of hydrogen-bond acceptors (Lipinski definition) is 8. The number of benzene rings is 2. The predicted molar refractivity (Wildman–Crippen MR) is 161 cm³/mol. The third kappa shape index (κ3) is 5.61. The van der Waals surface area contributed by atoms with Gasteiger partial charge < -0.3 is 31.5 Å². The maximum atomic E-state index is 14.8. The number of carbonyl (C=O) groups excluding carboxylic acids is 3. The summed E-state index contributed by atoms with van der Waals surface area (Å²) >= 11 is 0. The number of rotatable bonds is 8. The highest BCUT2D eigenvalue weighted by atomic mass is 19.4. The molecule has 1 unspecified atom stereocenters. The average molecular weight is 653 g/mol. The third-order valence-corrected chi connectivity index (χ3v) is 8.50. The number of primary amides is 1. The molecule has 1 fully saturated rings. The number of fused-ring (bicyclic) bond motifs is 2. The molecule has 0 aliphatic carbocycles. The first-order valence-electron chi connectivity index (χ1n) is 14.5. The first-order valence-corrected chi connectivity index (χ1v) is 14.5. The van der Waals surface area contributed by atoms with Crippen molar-refractivity contribution in [3.05, 3.63) is 83.4 Å². The Morgan fingerprint density at radius 2 is 1.87 bits per heavy atom. The van der Waals surface area contributed by atoms with E-state index in [1.54, 1.807) is 12.1 Å². The largest absolute Gasteiger partial charge is 0.489 e. The average Bonchev–Trinajstić information content (AvgIpc) is 3.36. The van der Waals surface area contributed by atoms with Crippen LogP contribution in [0.4, 0.5) is 23.2 Å². The van der Waals surface area contributed by atoms with Gasteiger partial charge in [-0.15, -0.1) is 0 Å². The Morgan fingerprint density at radius 3 is 2.51 bits per heavy atom. The van der Waals surface area contributed by atoms with Gasteiger partial charge in [-0.1, -0.05) is 6.07 Å². The van der Waals surface area contributed by atoms with Crippen LogP contribution in [-0.4, -0.2) is 64.7 Å². The van der Waals surface area contributed by atoms with E-state index in [0.717, 1.165) is 18.2 Å². The number of aromatic nitrogens is 2. The minimum atomic E-state index is -5.40. The molecule has 2 aliphatic heterocycles. The summed E-state index contributed by atoms with van der Waals surface area (Å²) < 4.78 is 63.7. The Kier molecular flexibility index (Phi) is 7.84. The van der Waals surface area contributed by atoms with Crippen molar-refractivity contribution >= 4 is 34.3 Å². The zero-order valence-corrected chi connectivity index (χ0v) is 24.7. The molecule has 0 radical (unpaired) electrons. The molecular formula is C32H28F4N6O5. The number of carbonyl (C=O) groups is 3. The minimum absolute atomic E-state index is 0.0494. The van der Waals surface area contributed by atoms with Crippen LogP contribution in [0.5, 0.6) is 5.75 Å². The van der Waals surface area contributed by atoms with E-state index in [2.05, 4.69) is 25.9 Å². The number of nitrogens with two attached hydrogens (primary N) is 1. The van der Waals surface area contributed by atoms with Gasteiger partial charge in [-0.05, 0) is 68.4 Å². The summed E-state index contributed by atoms with van der Waals surface area (Å²) in [5.41, 5.74) is -0.412. The Morgan fingerprint density at radius 1 is 1.15 bits per heavy atom. The van der Waals surface area contributed by atoms with Crippen LogP contribution in [0, 0.1) is 5.82 Å². The Bertz CT molecular complexity index is 1920. The van der Waals surface area contributed by atoms with Crippen molar-refractivity contribution in [1.82, 2.24) is 20.6 Å². The van der Waals surface area contributed by atoms with E-state index in [-0.39, 0.29) is 46.3 Å². The Balaban J connectivity index is 1.38. The predicted octanol–water partition coefficient (Wildman–Crippen LogP) is 3.05. The summed E-state index contributed by atoms with van der Waals surface area (Å²) in [6.45, 7) is 0.336. The summed E-state index contributed by atoms with van der Waals surface area (Å²) in [5.74, 6) is -2.93. The maximum absolute atomic E-state index is 14.8. The second-order valence-electron chi connectivity index (χ2n) is 11.6. The van der Waals surface area contributed by atoms with Gasteiger partial charge in [0.1, 0.15) is 29.3 Å². The van der Waals surface area contributed by atoms with Crippen LogP contribution in [0.1, 0.15) is 35.0 Å². The second-order valence-corrected chi connectivity index (χ2v) is 11.6. The van der Waals surface area contributed by atoms with Gasteiger partial charge in [-0.3, -0.25) is 19.4 Å². The van der Waals surface area contributed by atoms with Crippen LogP contribution >= 0.6 is 0 Å². The van der Waals surface area contributed by atoms with Gasteiger partial charge in [0.05, 0.1) is 29.5 Å². The zero-order valence-electron chi connectivity index (χ0n) is 24.7. The second kappa shape index (κ2) is 11.6. The molecule has 0 bridgehead atoms. The topological polar surface area (TPSA) is 169 Å². The summed E-state index contributed by atoms with van der Waals surface area (Å²) in [6, 6.07) is 11.0. The highest BCUT2D eigenvalue weighted by Gasteiger charge is 2.57. The van der Waals surface area contributed by atoms with E-state index >= 15 is 0 Å². The molecule has 4 heterocycles. The van der Waals surface area contributed by atoms with Gasteiger partial charge in [0.25, 0.3) is 5.91 Å². The first kappa shape index (κ1) is 31.8. The van der Waals surface area contributed by atoms with Crippen molar-refractivity contribution in [2.24, 2.45) is 5.73 Å². The molecule has 11 nitrogen and oxygen atoms in total. The van der Waals surface area contributed by atoms with E-state index in [4.69, 9.17) is 10.5 Å². The molecule has 6 N–H and O–H groups in total. The standard InChI is InChI=1S/C32H28F4N6O5/c1-30(29(37)45)15-47-26-20(30)13-23(42-25(26)16-4-6-19(33)7-5-16)31(46,32(34,35)36)14-40-27(43)18-11-17-3-2-9-39-24(17)22(12-18)41-28(44)21-8-10-38-21/h2-7,9,11-13,21,38,46H,8,10,14-15H2,1H3,(H2,37,45)(H,40,43)(H,41,44)/t21-,30+,31?/m1/s1. The van der Waals surface area contributed by atoms with Crippen LogP contribution in [0.15, 0.2) is 60.8 Å². The van der Waals surface area contributed by atoms with Gasteiger partial charge >= 0.3 is 6.18 Å². The Labute approximate surface area is 264 Å².